The highest BCUT2D eigenvalue weighted by Gasteiger charge is 2.45. The first-order chi connectivity index (χ1) is 9.52. The van der Waals surface area contributed by atoms with E-state index in [1.54, 1.807) is 8.61 Å². The fraction of sp³-hybridized carbons (Fsp3) is 1.00. The van der Waals surface area contributed by atoms with E-state index in [1.807, 2.05) is 6.92 Å². The number of nitrogens with zero attached hydrogens (tertiary/aromatic N) is 2. The molecule has 0 amide bonds. The minimum absolute atomic E-state index is 0.00442. The Morgan fingerprint density at radius 3 is 2.50 bits per heavy atom. The molecule has 3 fully saturated rings. The van der Waals surface area contributed by atoms with Gasteiger partial charge in [0.05, 0.1) is 12.7 Å². The van der Waals surface area contributed by atoms with Gasteiger partial charge < -0.3 is 4.74 Å². The molecule has 0 bridgehead atoms. The van der Waals surface area contributed by atoms with Crippen LogP contribution >= 0.6 is 0 Å². The Bertz CT molecular complexity index is 445. The third-order valence-corrected chi connectivity index (χ3v) is 7.12. The molecule has 0 radical (unpaired) electrons. The SMILES string of the molecule is C[C@H]1CN(S(=O)(=O)N2CCC3(CCCCC3)C2)CCO1. The summed E-state index contributed by atoms with van der Waals surface area (Å²) in [5.41, 5.74) is 0.281. The minimum Gasteiger partial charge on any atom is -0.376 e. The summed E-state index contributed by atoms with van der Waals surface area (Å²) < 4.78 is 34.3. The summed E-state index contributed by atoms with van der Waals surface area (Å²) in [6.45, 7) is 4.88. The molecule has 0 aromatic heterocycles. The molecule has 2 saturated heterocycles. The van der Waals surface area contributed by atoms with Gasteiger partial charge in [-0.25, -0.2) is 0 Å². The van der Waals surface area contributed by atoms with Gasteiger partial charge in [-0.05, 0) is 31.6 Å². The highest BCUT2D eigenvalue weighted by atomic mass is 32.2. The summed E-state index contributed by atoms with van der Waals surface area (Å²) in [6.07, 6.45) is 7.31. The predicted molar refractivity (Wildman–Crippen MR) is 77.6 cm³/mol. The molecule has 3 aliphatic rings. The van der Waals surface area contributed by atoms with Gasteiger partial charge in [-0.3, -0.25) is 0 Å². The van der Waals surface area contributed by atoms with E-state index in [9.17, 15) is 8.42 Å². The highest BCUT2D eigenvalue weighted by Crippen LogP contribution is 2.44. The lowest BCUT2D eigenvalue weighted by atomic mass is 9.74. The third-order valence-electron chi connectivity index (χ3n) is 5.17. The Balaban J connectivity index is 1.69. The van der Waals surface area contributed by atoms with Crippen LogP contribution in [-0.2, 0) is 14.9 Å². The molecule has 6 heteroatoms. The second kappa shape index (κ2) is 5.55. The van der Waals surface area contributed by atoms with Gasteiger partial charge in [0.25, 0.3) is 10.2 Å². The summed E-state index contributed by atoms with van der Waals surface area (Å²) in [5.74, 6) is 0. The molecule has 1 atom stereocenters. The van der Waals surface area contributed by atoms with Crippen LogP contribution in [0.25, 0.3) is 0 Å². The van der Waals surface area contributed by atoms with E-state index < -0.39 is 10.2 Å². The van der Waals surface area contributed by atoms with Gasteiger partial charge in [0.1, 0.15) is 0 Å². The van der Waals surface area contributed by atoms with Crippen LogP contribution in [0.15, 0.2) is 0 Å². The van der Waals surface area contributed by atoms with E-state index in [0.29, 0.717) is 26.2 Å². The number of hydrogen-bond acceptors (Lipinski definition) is 3. The van der Waals surface area contributed by atoms with Gasteiger partial charge in [-0.2, -0.15) is 17.0 Å². The first-order valence-electron chi connectivity index (χ1n) is 7.89. The van der Waals surface area contributed by atoms with E-state index in [4.69, 9.17) is 4.74 Å². The van der Waals surface area contributed by atoms with Crippen molar-refractivity contribution in [1.29, 1.82) is 0 Å². The average Bonchev–Trinajstić information content (AvgIpc) is 2.84. The molecule has 1 spiro atoms. The third kappa shape index (κ3) is 2.75. The molecule has 0 aromatic carbocycles. The van der Waals surface area contributed by atoms with Crippen LogP contribution in [0.4, 0.5) is 0 Å². The fourth-order valence-electron chi connectivity index (χ4n) is 3.96. The van der Waals surface area contributed by atoms with Crippen molar-refractivity contribution in [3.05, 3.63) is 0 Å². The van der Waals surface area contributed by atoms with Gasteiger partial charge in [0, 0.05) is 26.2 Å². The lowest BCUT2D eigenvalue weighted by Gasteiger charge is -2.35. The van der Waals surface area contributed by atoms with E-state index in [2.05, 4.69) is 0 Å². The van der Waals surface area contributed by atoms with Crippen molar-refractivity contribution in [2.24, 2.45) is 5.41 Å². The molecule has 20 heavy (non-hydrogen) atoms. The van der Waals surface area contributed by atoms with Gasteiger partial charge in [-0.1, -0.05) is 19.3 Å². The second-order valence-corrected chi connectivity index (χ2v) is 8.62. The zero-order chi connectivity index (χ0) is 14.2. The first-order valence-corrected chi connectivity index (χ1v) is 9.28. The Morgan fingerprint density at radius 2 is 1.80 bits per heavy atom. The fourth-order valence-corrected chi connectivity index (χ4v) is 5.75. The van der Waals surface area contributed by atoms with Crippen LogP contribution < -0.4 is 0 Å². The van der Waals surface area contributed by atoms with E-state index in [-0.39, 0.29) is 11.5 Å². The smallest absolute Gasteiger partial charge is 0.282 e. The molecule has 5 nitrogen and oxygen atoms in total. The van der Waals surface area contributed by atoms with E-state index in [1.165, 1.54) is 32.1 Å². The molecule has 3 rings (SSSR count). The Labute approximate surface area is 122 Å². The van der Waals surface area contributed by atoms with Gasteiger partial charge in [-0.15, -0.1) is 0 Å². The Kier molecular flexibility index (Phi) is 4.10. The van der Waals surface area contributed by atoms with Crippen LogP contribution in [-0.4, -0.2) is 55.9 Å². The molecule has 1 saturated carbocycles. The molecule has 0 aromatic rings. The highest BCUT2D eigenvalue weighted by molar-refractivity contribution is 7.86. The molecule has 116 valence electrons. The first kappa shape index (κ1) is 14.8. The summed E-state index contributed by atoms with van der Waals surface area (Å²) in [7, 11) is -3.28. The van der Waals surface area contributed by atoms with Crippen molar-refractivity contribution >= 4 is 10.2 Å². The average molecular weight is 302 g/mol. The number of morpholine rings is 1. The predicted octanol–water partition coefficient (Wildman–Crippen LogP) is 1.61. The van der Waals surface area contributed by atoms with Crippen molar-refractivity contribution in [3.8, 4) is 0 Å². The lowest BCUT2D eigenvalue weighted by Crippen LogP contribution is -2.50. The topological polar surface area (TPSA) is 49.9 Å². The monoisotopic (exact) mass is 302 g/mol. The molecule has 0 N–H and O–H groups in total. The quantitative estimate of drug-likeness (QED) is 0.778. The van der Waals surface area contributed by atoms with E-state index in [0.717, 1.165) is 13.0 Å². The van der Waals surface area contributed by atoms with Crippen molar-refractivity contribution < 1.29 is 13.2 Å². The number of ether oxygens (including phenoxy) is 1. The van der Waals surface area contributed by atoms with Crippen LogP contribution in [0, 0.1) is 5.41 Å². The molecule has 2 heterocycles. The molecular formula is C14H26N2O3S. The van der Waals surface area contributed by atoms with E-state index >= 15 is 0 Å². The Morgan fingerprint density at radius 1 is 1.05 bits per heavy atom. The lowest BCUT2D eigenvalue weighted by molar-refractivity contribution is 0.00835. The Hall–Kier alpha value is -0.170. The minimum atomic E-state index is -3.28. The van der Waals surface area contributed by atoms with Crippen molar-refractivity contribution in [2.75, 3.05) is 32.8 Å². The zero-order valence-corrected chi connectivity index (χ0v) is 13.2. The molecule has 0 unspecified atom stereocenters. The van der Waals surface area contributed by atoms with Gasteiger partial charge in [0.2, 0.25) is 0 Å². The second-order valence-electron chi connectivity index (χ2n) is 6.69. The van der Waals surface area contributed by atoms with Crippen molar-refractivity contribution in [3.63, 3.8) is 0 Å². The normalized spacial score (nSPS) is 32.8. The summed E-state index contributed by atoms with van der Waals surface area (Å²) in [5, 5.41) is 0. The van der Waals surface area contributed by atoms with Gasteiger partial charge >= 0.3 is 0 Å². The van der Waals surface area contributed by atoms with Crippen molar-refractivity contribution in [2.45, 2.75) is 51.6 Å². The summed E-state index contributed by atoms with van der Waals surface area (Å²) >= 11 is 0. The maximum absolute atomic E-state index is 12.8. The van der Waals surface area contributed by atoms with Gasteiger partial charge in [0.15, 0.2) is 0 Å². The largest absolute Gasteiger partial charge is 0.376 e. The summed E-state index contributed by atoms with van der Waals surface area (Å²) in [4.78, 5) is 0. The molecular weight excluding hydrogens is 276 g/mol. The molecule has 1 aliphatic carbocycles. The molecule has 2 aliphatic heterocycles. The van der Waals surface area contributed by atoms with Crippen molar-refractivity contribution in [1.82, 2.24) is 8.61 Å². The maximum atomic E-state index is 12.8. The number of rotatable bonds is 2. The maximum Gasteiger partial charge on any atom is 0.282 e. The van der Waals surface area contributed by atoms with Crippen LogP contribution in [0.1, 0.15) is 45.4 Å². The van der Waals surface area contributed by atoms with Crippen LogP contribution in [0.3, 0.4) is 0 Å². The van der Waals surface area contributed by atoms with Crippen LogP contribution in [0.5, 0.6) is 0 Å². The summed E-state index contributed by atoms with van der Waals surface area (Å²) in [6, 6.07) is 0. The zero-order valence-electron chi connectivity index (χ0n) is 12.4. The standard InChI is InChI=1S/C14H26N2O3S/c1-13-11-15(9-10-19-13)20(17,18)16-8-7-14(12-16)5-3-2-4-6-14/h13H,2-12H2,1H3/t13-/m0/s1. The van der Waals surface area contributed by atoms with Crippen LogP contribution in [0.2, 0.25) is 0 Å². The number of hydrogen-bond donors (Lipinski definition) is 0.